The van der Waals surface area contributed by atoms with E-state index in [9.17, 15) is 17.6 Å². The standard InChI is InChI=1S/C10H19F4N.H3O4P/c1-7(2)15-10(3,6-9(13)14)5-4-8(11)12;1-5(2,3)4/h7-9,15H,4-6H2,1-3H3;(H3,1,2,3,4). The van der Waals surface area contributed by atoms with E-state index in [2.05, 4.69) is 5.32 Å². The molecule has 0 saturated carbocycles. The van der Waals surface area contributed by atoms with Gasteiger partial charge < -0.3 is 20.0 Å². The average Bonchev–Trinajstić information content (AvgIpc) is 2.09. The second kappa shape index (κ2) is 9.68. The Hall–Kier alpha value is -0.210. The Morgan fingerprint density at radius 1 is 1.10 bits per heavy atom. The van der Waals surface area contributed by atoms with Crippen molar-refractivity contribution in [2.24, 2.45) is 0 Å². The van der Waals surface area contributed by atoms with Crippen molar-refractivity contribution < 1.29 is 36.8 Å². The molecule has 4 N–H and O–H groups in total. The molecule has 124 valence electrons. The van der Waals surface area contributed by atoms with Crippen molar-refractivity contribution in [1.82, 2.24) is 5.32 Å². The summed E-state index contributed by atoms with van der Waals surface area (Å²) in [6.45, 7) is 5.19. The maximum atomic E-state index is 12.3. The maximum absolute atomic E-state index is 12.3. The zero-order chi connectivity index (χ0) is 16.6. The molecule has 0 radical (unpaired) electrons. The van der Waals surface area contributed by atoms with Crippen LogP contribution in [0.1, 0.15) is 40.0 Å². The minimum absolute atomic E-state index is 0.00595. The molecule has 0 aromatic carbocycles. The van der Waals surface area contributed by atoms with Crippen LogP contribution in [0.25, 0.3) is 0 Å². The minimum Gasteiger partial charge on any atom is -0.309 e. The highest BCUT2D eigenvalue weighted by atomic mass is 31.2. The second-order valence-electron chi connectivity index (χ2n) is 4.90. The zero-order valence-electron chi connectivity index (χ0n) is 11.6. The number of hydrogen-bond donors (Lipinski definition) is 4. The fourth-order valence-electron chi connectivity index (χ4n) is 1.70. The summed E-state index contributed by atoms with van der Waals surface area (Å²) in [6.07, 6.45) is -5.58. The maximum Gasteiger partial charge on any atom is 0.466 e. The quantitative estimate of drug-likeness (QED) is 0.426. The molecule has 20 heavy (non-hydrogen) atoms. The Kier molecular flexibility index (Phi) is 10.7. The summed E-state index contributed by atoms with van der Waals surface area (Å²) >= 11 is 0. The lowest BCUT2D eigenvalue weighted by molar-refractivity contribution is 0.0719. The third-order valence-electron chi connectivity index (χ3n) is 2.16. The van der Waals surface area contributed by atoms with E-state index in [1.165, 1.54) is 0 Å². The van der Waals surface area contributed by atoms with Crippen LogP contribution in [0.2, 0.25) is 0 Å². The molecule has 10 heteroatoms. The lowest BCUT2D eigenvalue weighted by Gasteiger charge is -2.33. The molecule has 0 rings (SSSR count). The Bertz CT molecular complexity index is 281. The highest BCUT2D eigenvalue weighted by Gasteiger charge is 2.29. The third-order valence-corrected chi connectivity index (χ3v) is 2.16. The summed E-state index contributed by atoms with van der Waals surface area (Å²) in [6, 6.07) is 0.00595. The molecule has 0 saturated heterocycles. The first-order chi connectivity index (χ1) is 8.75. The van der Waals surface area contributed by atoms with E-state index in [-0.39, 0.29) is 18.9 Å². The van der Waals surface area contributed by atoms with Crippen LogP contribution in [0.4, 0.5) is 17.6 Å². The van der Waals surface area contributed by atoms with Crippen LogP contribution in [0, 0.1) is 0 Å². The third kappa shape index (κ3) is 20.1. The average molecular weight is 327 g/mol. The number of phosphoric acid groups is 1. The van der Waals surface area contributed by atoms with E-state index >= 15 is 0 Å². The van der Waals surface area contributed by atoms with Crippen molar-refractivity contribution >= 4 is 7.82 Å². The SMILES string of the molecule is CC(C)NC(C)(CCC(F)F)CC(F)F.O=P(O)(O)O. The van der Waals surface area contributed by atoms with Crippen molar-refractivity contribution in [3.63, 3.8) is 0 Å². The molecule has 0 aliphatic carbocycles. The van der Waals surface area contributed by atoms with Gasteiger partial charge in [0.15, 0.2) is 0 Å². The van der Waals surface area contributed by atoms with E-state index in [4.69, 9.17) is 19.2 Å². The number of halogens is 4. The molecule has 5 nitrogen and oxygen atoms in total. The van der Waals surface area contributed by atoms with E-state index < -0.39 is 32.6 Å². The predicted molar refractivity (Wildman–Crippen MR) is 66.8 cm³/mol. The summed E-state index contributed by atoms with van der Waals surface area (Å²) in [4.78, 5) is 21.6. The monoisotopic (exact) mass is 327 g/mol. The van der Waals surface area contributed by atoms with Gasteiger partial charge in [0.25, 0.3) is 0 Å². The van der Waals surface area contributed by atoms with Gasteiger partial charge in [-0.1, -0.05) is 13.8 Å². The van der Waals surface area contributed by atoms with Gasteiger partial charge in [-0.3, -0.25) is 0 Å². The van der Waals surface area contributed by atoms with E-state index in [1.807, 2.05) is 13.8 Å². The van der Waals surface area contributed by atoms with Crippen LogP contribution in [0.15, 0.2) is 0 Å². The number of hydrogen-bond acceptors (Lipinski definition) is 2. The van der Waals surface area contributed by atoms with Gasteiger partial charge in [0.05, 0.1) is 0 Å². The molecular formula is C10H22F4NO4P. The van der Waals surface area contributed by atoms with Crippen molar-refractivity contribution in [2.75, 3.05) is 0 Å². The summed E-state index contributed by atoms with van der Waals surface area (Å²) in [7, 11) is -4.64. The highest BCUT2D eigenvalue weighted by Crippen LogP contribution is 2.26. The van der Waals surface area contributed by atoms with Gasteiger partial charge in [-0.2, -0.15) is 0 Å². The molecule has 0 aromatic rings. The summed E-state index contributed by atoms with van der Waals surface area (Å²) < 4.78 is 57.5. The topological polar surface area (TPSA) is 89.8 Å². The van der Waals surface area contributed by atoms with Crippen LogP contribution in [-0.2, 0) is 4.57 Å². The first kappa shape index (κ1) is 22.1. The Balaban J connectivity index is 0. The molecule has 1 atom stereocenters. The van der Waals surface area contributed by atoms with Crippen LogP contribution < -0.4 is 5.32 Å². The number of alkyl halides is 4. The molecule has 1 unspecified atom stereocenters. The van der Waals surface area contributed by atoms with E-state index in [1.54, 1.807) is 6.92 Å². The first-order valence-corrected chi connectivity index (χ1v) is 7.44. The van der Waals surface area contributed by atoms with Gasteiger partial charge in [0.2, 0.25) is 12.9 Å². The molecule has 0 amide bonds. The second-order valence-corrected chi connectivity index (χ2v) is 5.92. The smallest absolute Gasteiger partial charge is 0.309 e. The van der Waals surface area contributed by atoms with Gasteiger partial charge in [0, 0.05) is 24.4 Å². The summed E-state index contributed by atoms with van der Waals surface area (Å²) in [5.41, 5.74) is -0.904. The van der Waals surface area contributed by atoms with Gasteiger partial charge in [0.1, 0.15) is 0 Å². The molecule has 0 aliphatic rings. The fourth-order valence-corrected chi connectivity index (χ4v) is 1.70. The molecule has 0 spiro atoms. The lowest BCUT2D eigenvalue weighted by atomic mass is 9.91. The largest absolute Gasteiger partial charge is 0.466 e. The van der Waals surface area contributed by atoms with Gasteiger partial charge in [-0.15, -0.1) is 0 Å². The van der Waals surface area contributed by atoms with E-state index in [0.717, 1.165) is 0 Å². The van der Waals surface area contributed by atoms with Crippen LogP contribution in [0.3, 0.4) is 0 Å². The van der Waals surface area contributed by atoms with Gasteiger partial charge in [-0.05, 0) is 13.3 Å². The molecule has 0 bridgehead atoms. The first-order valence-electron chi connectivity index (χ1n) is 5.87. The molecule has 0 heterocycles. The van der Waals surface area contributed by atoms with Crippen molar-refractivity contribution in [3.05, 3.63) is 0 Å². The Morgan fingerprint density at radius 3 is 1.75 bits per heavy atom. The molecule has 0 aromatic heterocycles. The van der Waals surface area contributed by atoms with Gasteiger partial charge in [-0.25, -0.2) is 22.1 Å². The Labute approximate surface area is 115 Å². The Morgan fingerprint density at radius 2 is 1.50 bits per heavy atom. The van der Waals surface area contributed by atoms with Crippen LogP contribution in [-0.4, -0.2) is 39.1 Å². The lowest BCUT2D eigenvalue weighted by Crippen LogP contribution is -2.47. The van der Waals surface area contributed by atoms with Crippen LogP contribution in [0.5, 0.6) is 0 Å². The van der Waals surface area contributed by atoms with Crippen molar-refractivity contribution in [2.45, 2.75) is 64.5 Å². The number of nitrogens with one attached hydrogen (secondary N) is 1. The molecule has 0 fully saturated rings. The van der Waals surface area contributed by atoms with Crippen molar-refractivity contribution in [3.8, 4) is 0 Å². The van der Waals surface area contributed by atoms with Crippen LogP contribution >= 0.6 is 7.82 Å². The summed E-state index contributed by atoms with van der Waals surface area (Å²) in [5, 5.41) is 2.93. The zero-order valence-corrected chi connectivity index (χ0v) is 12.5. The minimum atomic E-state index is -4.64. The normalized spacial score (nSPS) is 15.2. The summed E-state index contributed by atoms with van der Waals surface area (Å²) in [5.74, 6) is 0. The van der Waals surface area contributed by atoms with E-state index in [0.29, 0.717) is 0 Å². The molecular weight excluding hydrogens is 305 g/mol. The predicted octanol–water partition coefficient (Wildman–Crippen LogP) is 2.52. The highest BCUT2D eigenvalue weighted by molar-refractivity contribution is 7.45. The fraction of sp³-hybridized carbons (Fsp3) is 1.00. The molecule has 0 aliphatic heterocycles. The number of rotatable bonds is 7. The van der Waals surface area contributed by atoms with Crippen molar-refractivity contribution in [1.29, 1.82) is 0 Å². The van der Waals surface area contributed by atoms with Gasteiger partial charge >= 0.3 is 7.82 Å².